The van der Waals surface area contributed by atoms with Crippen LogP contribution in [-0.2, 0) is 4.79 Å². The molecule has 0 radical (unpaired) electrons. The molecule has 2 heterocycles. The lowest BCUT2D eigenvalue weighted by molar-refractivity contribution is -0.114. The Bertz CT molecular complexity index is 1350. The standard InChI is InChI=1S/C24H22N6O2S/c1-15-4-13-21-22(14-15)33-24(26-21)30-28-23(17-5-7-18(8-6-17)25-16(2)31)27-29(30)19-9-11-20(32-3)12-10-19/h4-14H,1-3H3,(H,25,31)(H,27,28). The van der Waals surface area contributed by atoms with Gasteiger partial charge in [0.15, 0.2) is 5.84 Å². The van der Waals surface area contributed by atoms with E-state index in [2.05, 4.69) is 29.8 Å². The normalized spacial score (nSPS) is 13.1. The SMILES string of the molecule is COc1ccc(N2N=C(c3ccc(NC(C)=O)cc3)NN2c2nc3ccc(C)cc3s2)cc1. The molecule has 0 fully saturated rings. The number of hydrazine groups is 2. The van der Waals surface area contributed by atoms with Crippen molar-refractivity contribution in [1.82, 2.24) is 10.4 Å². The highest BCUT2D eigenvalue weighted by Gasteiger charge is 2.29. The summed E-state index contributed by atoms with van der Waals surface area (Å²) in [6.45, 7) is 3.56. The van der Waals surface area contributed by atoms with Crippen molar-refractivity contribution >= 4 is 49.8 Å². The first-order chi connectivity index (χ1) is 16.0. The predicted octanol–water partition coefficient (Wildman–Crippen LogP) is 4.68. The van der Waals surface area contributed by atoms with E-state index in [1.54, 1.807) is 23.6 Å². The highest BCUT2D eigenvalue weighted by Crippen LogP contribution is 2.33. The predicted molar refractivity (Wildman–Crippen MR) is 133 cm³/mol. The van der Waals surface area contributed by atoms with Crippen LogP contribution in [-0.4, -0.2) is 23.8 Å². The summed E-state index contributed by atoms with van der Waals surface area (Å²) in [5.41, 5.74) is 7.96. The zero-order valence-corrected chi connectivity index (χ0v) is 19.2. The molecule has 0 saturated carbocycles. The summed E-state index contributed by atoms with van der Waals surface area (Å²) in [5.74, 6) is 1.32. The Balaban J connectivity index is 1.52. The van der Waals surface area contributed by atoms with E-state index >= 15 is 0 Å². The maximum Gasteiger partial charge on any atom is 0.228 e. The monoisotopic (exact) mass is 458 g/mol. The third-order valence-corrected chi connectivity index (χ3v) is 6.09. The lowest BCUT2D eigenvalue weighted by Crippen LogP contribution is -2.44. The molecule has 1 aliphatic rings. The topological polar surface area (TPSA) is 82.1 Å². The molecular formula is C24H22N6O2S. The number of fused-ring (bicyclic) bond motifs is 1. The van der Waals surface area contributed by atoms with Gasteiger partial charge in [-0.2, -0.15) is 0 Å². The molecule has 1 aliphatic heterocycles. The highest BCUT2D eigenvalue weighted by molar-refractivity contribution is 7.22. The molecule has 9 heteroatoms. The van der Waals surface area contributed by atoms with Crippen LogP contribution in [0.2, 0.25) is 0 Å². The van der Waals surface area contributed by atoms with Crippen LogP contribution < -0.4 is 25.7 Å². The van der Waals surface area contributed by atoms with Gasteiger partial charge in [0, 0.05) is 18.2 Å². The minimum Gasteiger partial charge on any atom is -0.497 e. The quantitative estimate of drug-likeness (QED) is 0.452. The van der Waals surface area contributed by atoms with Gasteiger partial charge in [0.2, 0.25) is 11.0 Å². The van der Waals surface area contributed by atoms with Crippen LogP contribution in [0.4, 0.5) is 16.5 Å². The first kappa shape index (κ1) is 20.8. The average Bonchev–Trinajstić information content (AvgIpc) is 3.43. The number of carbonyl (C=O) groups excluding carboxylic acids is 1. The van der Waals surface area contributed by atoms with Gasteiger partial charge in [-0.05, 0) is 73.2 Å². The van der Waals surface area contributed by atoms with E-state index in [0.717, 1.165) is 38.0 Å². The number of thiazole rings is 1. The Morgan fingerprint density at radius 3 is 2.52 bits per heavy atom. The van der Waals surface area contributed by atoms with Gasteiger partial charge in [-0.1, -0.05) is 17.4 Å². The molecule has 0 unspecified atom stereocenters. The Hall–Kier alpha value is -4.11. The second kappa shape index (κ2) is 8.44. The van der Waals surface area contributed by atoms with Crippen LogP contribution in [0.3, 0.4) is 0 Å². The van der Waals surface area contributed by atoms with Crippen molar-refractivity contribution in [3.63, 3.8) is 0 Å². The lowest BCUT2D eigenvalue weighted by Gasteiger charge is -2.25. The van der Waals surface area contributed by atoms with Crippen molar-refractivity contribution in [2.75, 3.05) is 22.7 Å². The zero-order chi connectivity index (χ0) is 22.9. The number of rotatable bonds is 5. The summed E-state index contributed by atoms with van der Waals surface area (Å²) >= 11 is 1.59. The molecule has 3 aromatic carbocycles. The lowest BCUT2D eigenvalue weighted by atomic mass is 10.2. The first-order valence-electron chi connectivity index (χ1n) is 10.3. The fourth-order valence-electron chi connectivity index (χ4n) is 3.47. The molecule has 0 aliphatic carbocycles. The maximum absolute atomic E-state index is 11.3. The third kappa shape index (κ3) is 4.18. The molecule has 1 amide bonds. The second-order valence-corrected chi connectivity index (χ2v) is 8.59. The van der Waals surface area contributed by atoms with Crippen LogP contribution in [0, 0.1) is 6.92 Å². The number of aryl methyl sites for hydroxylation is 1. The fraction of sp³-hybridized carbons (Fsp3) is 0.125. The molecule has 166 valence electrons. The molecule has 0 saturated heterocycles. The largest absolute Gasteiger partial charge is 0.497 e. The summed E-state index contributed by atoms with van der Waals surface area (Å²) in [6, 6.07) is 21.4. The number of hydrazone groups is 1. The molecule has 0 bridgehead atoms. The Kier molecular flexibility index (Phi) is 5.31. The molecule has 2 N–H and O–H groups in total. The third-order valence-electron chi connectivity index (χ3n) is 5.09. The van der Waals surface area contributed by atoms with Crippen molar-refractivity contribution in [1.29, 1.82) is 0 Å². The number of hydrogen-bond acceptors (Lipinski definition) is 8. The number of nitrogens with one attached hydrogen (secondary N) is 2. The number of carbonyl (C=O) groups is 1. The molecule has 0 atom stereocenters. The number of benzene rings is 3. The van der Waals surface area contributed by atoms with Crippen LogP contribution in [0.1, 0.15) is 18.1 Å². The van der Waals surface area contributed by atoms with Gasteiger partial charge in [-0.25, -0.2) is 4.98 Å². The van der Waals surface area contributed by atoms with Crippen molar-refractivity contribution in [2.24, 2.45) is 5.10 Å². The molecule has 8 nitrogen and oxygen atoms in total. The van der Waals surface area contributed by atoms with Gasteiger partial charge in [0.1, 0.15) is 5.75 Å². The maximum atomic E-state index is 11.3. The van der Waals surface area contributed by atoms with Gasteiger partial charge in [0.25, 0.3) is 0 Å². The van der Waals surface area contributed by atoms with E-state index in [0.29, 0.717) is 5.84 Å². The number of hydrogen-bond donors (Lipinski definition) is 2. The molecule has 0 spiro atoms. The molecule has 5 rings (SSSR count). The Labute approximate surface area is 195 Å². The fourth-order valence-corrected chi connectivity index (χ4v) is 4.49. The van der Waals surface area contributed by atoms with Crippen molar-refractivity contribution in [2.45, 2.75) is 13.8 Å². The zero-order valence-electron chi connectivity index (χ0n) is 18.4. The van der Waals surface area contributed by atoms with Crippen LogP contribution >= 0.6 is 11.3 Å². The minimum absolute atomic E-state index is 0.109. The number of methoxy groups -OCH3 is 1. The van der Waals surface area contributed by atoms with Gasteiger partial charge in [-0.3, -0.25) is 10.2 Å². The smallest absolute Gasteiger partial charge is 0.228 e. The molecule has 4 aromatic rings. The van der Waals surface area contributed by atoms with Crippen LogP contribution in [0.25, 0.3) is 10.2 Å². The van der Waals surface area contributed by atoms with Gasteiger partial charge in [-0.15, -0.1) is 15.3 Å². The number of anilines is 3. The van der Waals surface area contributed by atoms with Gasteiger partial charge >= 0.3 is 0 Å². The molecular weight excluding hydrogens is 436 g/mol. The number of nitrogens with zero attached hydrogens (tertiary/aromatic N) is 4. The summed E-state index contributed by atoms with van der Waals surface area (Å²) in [7, 11) is 1.64. The first-order valence-corrected chi connectivity index (χ1v) is 11.2. The summed E-state index contributed by atoms with van der Waals surface area (Å²) < 4.78 is 6.41. The molecule has 1 aromatic heterocycles. The Morgan fingerprint density at radius 2 is 1.82 bits per heavy atom. The van der Waals surface area contributed by atoms with E-state index in [9.17, 15) is 4.79 Å². The summed E-state index contributed by atoms with van der Waals surface area (Å²) in [4.78, 5) is 16.1. The van der Waals surface area contributed by atoms with Crippen LogP contribution in [0.15, 0.2) is 71.8 Å². The number of aromatic nitrogens is 1. The number of amides is 1. The average molecular weight is 459 g/mol. The number of amidine groups is 1. The van der Waals surface area contributed by atoms with E-state index in [1.807, 2.05) is 59.7 Å². The van der Waals surface area contributed by atoms with Gasteiger partial charge in [0.05, 0.1) is 23.0 Å². The summed E-state index contributed by atoms with van der Waals surface area (Å²) in [5, 5.41) is 12.0. The molecule has 33 heavy (non-hydrogen) atoms. The number of ether oxygens (including phenoxy) is 1. The van der Waals surface area contributed by atoms with Crippen molar-refractivity contribution < 1.29 is 9.53 Å². The highest BCUT2D eigenvalue weighted by atomic mass is 32.1. The van der Waals surface area contributed by atoms with Crippen molar-refractivity contribution in [3.8, 4) is 5.75 Å². The van der Waals surface area contributed by atoms with E-state index in [4.69, 9.17) is 14.8 Å². The van der Waals surface area contributed by atoms with Crippen molar-refractivity contribution in [3.05, 3.63) is 77.9 Å². The summed E-state index contributed by atoms with van der Waals surface area (Å²) in [6.07, 6.45) is 0. The van der Waals surface area contributed by atoms with E-state index in [-0.39, 0.29) is 5.91 Å². The van der Waals surface area contributed by atoms with Gasteiger partial charge < -0.3 is 10.1 Å². The van der Waals surface area contributed by atoms with Crippen LogP contribution in [0.5, 0.6) is 5.75 Å². The second-order valence-electron chi connectivity index (χ2n) is 7.59. The Morgan fingerprint density at radius 1 is 1.06 bits per heavy atom. The van der Waals surface area contributed by atoms with E-state index < -0.39 is 0 Å². The minimum atomic E-state index is -0.109. The van der Waals surface area contributed by atoms with E-state index in [1.165, 1.54) is 12.5 Å².